The zero-order valence-corrected chi connectivity index (χ0v) is 17.8. The van der Waals surface area contributed by atoms with E-state index in [-0.39, 0.29) is 11.2 Å². The van der Waals surface area contributed by atoms with Crippen molar-refractivity contribution in [3.05, 3.63) is 88.5 Å². The quantitative estimate of drug-likeness (QED) is 0.494. The second-order valence-electron chi connectivity index (χ2n) is 8.44. The fourth-order valence-electron chi connectivity index (χ4n) is 2.86. The summed E-state index contributed by atoms with van der Waals surface area (Å²) in [5.41, 5.74) is 6.51. The third kappa shape index (κ3) is 5.41. The molecule has 0 aliphatic rings. The molecule has 3 heteroatoms. The first-order valence-corrected chi connectivity index (χ1v) is 9.81. The molecule has 3 rings (SSSR count). The minimum atomic E-state index is -0.0629. The first-order chi connectivity index (χ1) is 13.7. The van der Waals surface area contributed by atoms with Gasteiger partial charge in [0.05, 0.1) is 11.4 Å². The third-order valence-corrected chi connectivity index (χ3v) is 4.81. The molecule has 148 valence electrons. The van der Waals surface area contributed by atoms with Gasteiger partial charge in [0, 0.05) is 23.6 Å². The standard InChI is InChI=1S/C26H28N2O/c1-18-6-10-23(11-7-18)27-16-20-14-22(26(3,4)5)15-21(25(20)29)17-28-24-12-8-19(2)9-13-24/h6-17,29H,1-5H3. The average molecular weight is 385 g/mol. The number of hydrogen-bond acceptors (Lipinski definition) is 3. The molecular weight excluding hydrogens is 356 g/mol. The van der Waals surface area contributed by atoms with Crippen LogP contribution < -0.4 is 0 Å². The Morgan fingerprint density at radius 3 is 1.41 bits per heavy atom. The highest BCUT2D eigenvalue weighted by atomic mass is 16.3. The van der Waals surface area contributed by atoms with E-state index in [9.17, 15) is 5.11 Å². The van der Waals surface area contributed by atoms with Crippen LogP contribution in [0.4, 0.5) is 11.4 Å². The number of aliphatic imine (C=N–C) groups is 2. The van der Waals surface area contributed by atoms with E-state index in [1.165, 1.54) is 11.1 Å². The van der Waals surface area contributed by atoms with E-state index in [0.29, 0.717) is 11.1 Å². The lowest BCUT2D eigenvalue weighted by Crippen LogP contribution is -2.12. The Hall–Kier alpha value is -3.20. The van der Waals surface area contributed by atoms with Crippen LogP contribution in [0.2, 0.25) is 0 Å². The van der Waals surface area contributed by atoms with Gasteiger partial charge in [-0.3, -0.25) is 9.98 Å². The van der Waals surface area contributed by atoms with Crippen molar-refractivity contribution in [3.63, 3.8) is 0 Å². The molecule has 0 aliphatic carbocycles. The van der Waals surface area contributed by atoms with Crippen molar-refractivity contribution in [1.29, 1.82) is 0 Å². The SMILES string of the molecule is Cc1ccc(N=Cc2cc(C(C)(C)C)cc(C=Nc3ccc(C)cc3)c2O)cc1. The number of aryl methyl sites for hydroxylation is 2. The van der Waals surface area contributed by atoms with Crippen LogP contribution in [0.3, 0.4) is 0 Å². The van der Waals surface area contributed by atoms with Gasteiger partial charge in [-0.1, -0.05) is 56.2 Å². The summed E-state index contributed by atoms with van der Waals surface area (Å²) in [6.45, 7) is 10.6. The van der Waals surface area contributed by atoms with Crippen LogP contribution >= 0.6 is 0 Å². The molecule has 3 aromatic carbocycles. The van der Waals surface area contributed by atoms with Crippen LogP contribution in [0.1, 0.15) is 48.6 Å². The van der Waals surface area contributed by atoms with Crippen molar-refractivity contribution >= 4 is 23.8 Å². The molecule has 0 heterocycles. The maximum atomic E-state index is 10.8. The molecule has 0 aromatic heterocycles. The van der Waals surface area contributed by atoms with Gasteiger partial charge < -0.3 is 5.11 Å². The van der Waals surface area contributed by atoms with Crippen LogP contribution in [0, 0.1) is 13.8 Å². The Morgan fingerprint density at radius 1 is 0.690 bits per heavy atom. The van der Waals surface area contributed by atoms with Crippen molar-refractivity contribution in [2.24, 2.45) is 9.98 Å². The summed E-state index contributed by atoms with van der Waals surface area (Å²) in [4.78, 5) is 9.08. The molecule has 0 fully saturated rings. The Kier molecular flexibility index (Phi) is 5.97. The smallest absolute Gasteiger partial charge is 0.133 e. The molecule has 0 spiro atoms. The van der Waals surface area contributed by atoms with Gasteiger partial charge in [0.15, 0.2) is 0 Å². The monoisotopic (exact) mass is 384 g/mol. The fraction of sp³-hybridized carbons (Fsp3) is 0.231. The Labute approximate surface area is 173 Å². The van der Waals surface area contributed by atoms with E-state index in [1.54, 1.807) is 12.4 Å². The van der Waals surface area contributed by atoms with Gasteiger partial charge in [0.2, 0.25) is 0 Å². The maximum Gasteiger partial charge on any atom is 0.133 e. The molecular formula is C26H28N2O. The predicted molar refractivity (Wildman–Crippen MR) is 124 cm³/mol. The van der Waals surface area contributed by atoms with Gasteiger partial charge >= 0.3 is 0 Å². The second-order valence-corrected chi connectivity index (χ2v) is 8.44. The number of benzene rings is 3. The van der Waals surface area contributed by atoms with Crippen molar-refractivity contribution in [2.45, 2.75) is 40.0 Å². The first kappa shape index (κ1) is 20.5. The molecule has 0 bridgehead atoms. The number of nitrogens with zero attached hydrogens (tertiary/aromatic N) is 2. The second kappa shape index (κ2) is 8.44. The van der Waals surface area contributed by atoms with Crippen molar-refractivity contribution in [1.82, 2.24) is 0 Å². The van der Waals surface area contributed by atoms with E-state index in [1.807, 2.05) is 74.5 Å². The Bertz CT molecular complexity index is 961. The predicted octanol–water partition coefficient (Wildman–Crippen LogP) is 6.81. The number of aromatic hydroxyl groups is 1. The minimum absolute atomic E-state index is 0.0629. The molecule has 0 radical (unpaired) electrons. The Balaban J connectivity index is 2.00. The van der Waals surface area contributed by atoms with Crippen LogP contribution in [0.15, 0.2) is 70.6 Å². The molecule has 3 aromatic rings. The summed E-state index contributed by atoms with van der Waals surface area (Å²) in [7, 11) is 0. The van der Waals surface area contributed by atoms with Crippen molar-refractivity contribution < 1.29 is 5.11 Å². The summed E-state index contributed by atoms with van der Waals surface area (Å²) < 4.78 is 0. The molecule has 1 N–H and O–H groups in total. The summed E-state index contributed by atoms with van der Waals surface area (Å²) in [6, 6.07) is 20.0. The molecule has 0 saturated carbocycles. The average Bonchev–Trinajstić information content (AvgIpc) is 2.68. The number of hydrogen-bond donors (Lipinski definition) is 1. The summed E-state index contributed by atoms with van der Waals surface area (Å²) >= 11 is 0. The molecule has 0 atom stereocenters. The van der Waals surface area contributed by atoms with Gasteiger partial charge in [-0.05, 0) is 61.2 Å². The zero-order valence-electron chi connectivity index (χ0n) is 17.8. The highest BCUT2D eigenvalue weighted by Crippen LogP contribution is 2.30. The van der Waals surface area contributed by atoms with Gasteiger partial charge in [-0.15, -0.1) is 0 Å². The van der Waals surface area contributed by atoms with Gasteiger partial charge in [-0.25, -0.2) is 0 Å². The fourth-order valence-corrected chi connectivity index (χ4v) is 2.86. The van der Waals surface area contributed by atoms with Crippen LogP contribution in [0.5, 0.6) is 5.75 Å². The lowest BCUT2D eigenvalue weighted by atomic mass is 9.85. The number of phenolic OH excluding ortho intramolecular Hbond substituents is 1. The van der Waals surface area contributed by atoms with E-state index in [4.69, 9.17) is 0 Å². The lowest BCUT2D eigenvalue weighted by molar-refractivity contribution is 0.472. The summed E-state index contributed by atoms with van der Waals surface area (Å²) in [6.07, 6.45) is 3.44. The molecule has 0 aliphatic heterocycles. The van der Waals surface area contributed by atoms with E-state index < -0.39 is 0 Å². The van der Waals surface area contributed by atoms with Gasteiger partial charge in [0.1, 0.15) is 5.75 Å². The minimum Gasteiger partial charge on any atom is -0.507 e. The van der Waals surface area contributed by atoms with E-state index in [0.717, 1.165) is 16.9 Å². The molecule has 0 saturated heterocycles. The number of rotatable bonds is 4. The molecule has 0 unspecified atom stereocenters. The van der Waals surface area contributed by atoms with Crippen LogP contribution in [-0.2, 0) is 5.41 Å². The topological polar surface area (TPSA) is 45.0 Å². The first-order valence-electron chi connectivity index (χ1n) is 9.81. The molecule has 3 nitrogen and oxygen atoms in total. The van der Waals surface area contributed by atoms with Crippen LogP contribution in [0.25, 0.3) is 0 Å². The lowest BCUT2D eigenvalue weighted by Gasteiger charge is -2.21. The normalized spacial score (nSPS) is 12.2. The highest BCUT2D eigenvalue weighted by Gasteiger charge is 2.17. The summed E-state index contributed by atoms with van der Waals surface area (Å²) in [5, 5.41) is 10.8. The number of phenols is 1. The zero-order chi connectivity index (χ0) is 21.0. The van der Waals surface area contributed by atoms with Crippen LogP contribution in [-0.4, -0.2) is 17.5 Å². The Morgan fingerprint density at radius 2 is 1.07 bits per heavy atom. The molecule has 0 amide bonds. The van der Waals surface area contributed by atoms with Gasteiger partial charge in [-0.2, -0.15) is 0 Å². The van der Waals surface area contributed by atoms with E-state index >= 15 is 0 Å². The largest absolute Gasteiger partial charge is 0.507 e. The van der Waals surface area contributed by atoms with E-state index in [2.05, 4.69) is 30.8 Å². The highest BCUT2D eigenvalue weighted by molar-refractivity contribution is 5.94. The van der Waals surface area contributed by atoms with Gasteiger partial charge in [0.25, 0.3) is 0 Å². The van der Waals surface area contributed by atoms with Crippen molar-refractivity contribution in [2.75, 3.05) is 0 Å². The van der Waals surface area contributed by atoms with Crippen molar-refractivity contribution in [3.8, 4) is 5.75 Å². The maximum absolute atomic E-state index is 10.8. The molecule has 29 heavy (non-hydrogen) atoms. The summed E-state index contributed by atoms with van der Waals surface area (Å²) in [5.74, 6) is 0.185. The third-order valence-electron chi connectivity index (χ3n) is 4.81.